The summed E-state index contributed by atoms with van der Waals surface area (Å²) in [4.78, 5) is 24.3. The fourth-order valence-electron chi connectivity index (χ4n) is 2.68. The number of carbonyl (C=O) groups is 2. The molecule has 1 aromatic heterocycles. The number of hydrogen-bond acceptors (Lipinski definition) is 8. The van der Waals surface area contributed by atoms with Crippen molar-refractivity contribution < 1.29 is 22.7 Å². The van der Waals surface area contributed by atoms with Crippen LogP contribution in [0.1, 0.15) is 37.0 Å². The Hall–Kier alpha value is -2.57. The fourth-order valence-corrected chi connectivity index (χ4v) is 4.67. The van der Waals surface area contributed by atoms with Crippen LogP contribution < -0.4 is 15.4 Å². The maximum absolute atomic E-state index is 12.7. The molecule has 3 N–H and O–H groups in total. The number of sulfonamides is 1. The highest BCUT2D eigenvalue weighted by atomic mass is 32.2. The summed E-state index contributed by atoms with van der Waals surface area (Å²) < 4.78 is 33.0. The van der Waals surface area contributed by atoms with Crippen molar-refractivity contribution >= 4 is 44.0 Å². The van der Waals surface area contributed by atoms with E-state index in [1.165, 1.54) is 12.1 Å². The minimum Gasteiger partial charge on any atom is -0.376 e. The molecule has 0 radical (unpaired) electrons. The van der Waals surface area contributed by atoms with Gasteiger partial charge in [0.15, 0.2) is 0 Å². The molecule has 1 atom stereocenters. The Bertz CT molecular complexity index is 1020. The molecule has 10 nitrogen and oxygen atoms in total. The van der Waals surface area contributed by atoms with Gasteiger partial charge < -0.3 is 15.4 Å². The van der Waals surface area contributed by atoms with E-state index < -0.39 is 15.9 Å². The average molecular weight is 454 g/mol. The number of rotatable bonds is 8. The highest BCUT2D eigenvalue weighted by Crippen LogP contribution is 2.24. The lowest BCUT2D eigenvalue weighted by atomic mass is 10.1. The van der Waals surface area contributed by atoms with Crippen LogP contribution in [-0.2, 0) is 19.6 Å². The van der Waals surface area contributed by atoms with Gasteiger partial charge in [0, 0.05) is 19.1 Å². The summed E-state index contributed by atoms with van der Waals surface area (Å²) in [5, 5.41) is 12.7. The first kappa shape index (κ1) is 22.1. The van der Waals surface area contributed by atoms with Gasteiger partial charge >= 0.3 is 0 Å². The van der Waals surface area contributed by atoms with Gasteiger partial charge in [0.2, 0.25) is 11.0 Å². The van der Waals surface area contributed by atoms with Gasteiger partial charge in [0.1, 0.15) is 0 Å². The quantitative estimate of drug-likeness (QED) is 0.518. The normalized spacial score (nSPS) is 16.4. The largest absolute Gasteiger partial charge is 0.376 e. The van der Waals surface area contributed by atoms with Crippen LogP contribution in [0.4, 0.5) is 10.8 Å². The standard InChI is InChI=1S/C18H23N5O5S2/c1-11(2)15(24)20-17-21-22-18(29-17)30(26,27)23-14-8-4-3-7-13(14)16(25)19-10-12-6-5-9-28-12/h3-4,7-8,11-12,23H,5-6,9-10H2,1-2H3,(H,19,25)(H,20,21,24)/t12-/m0/s1. The molecule has 0 bridgehead atoms. The maximum Gasteiger partial charge on any atom is 0.291 e. The molecule has 2 heterocycles. The van der Waals surface area contributed by atoms with E-state index >= 15 is 0 Å². The van der Waals surface area contributed by atoms with Crippen molar-refractivity contribution in [2.75, 3.05) is 23.2 Å². The summed E-state index contributed by atoms with van der Waals surface area (Å²) in [6.07, 6.45) is 1.80. The highest BCUT2D eigenvalue weighted by Gasteiger charge is 2.24. The lowest BCUT2D eigenvalue weighted by Crippen LogP contribution is -2.32. The Morgan fingerprint density at radius 3 is 2.73 bits per heavy atom. The first-order chi connectivity index (χ1) is 14.3. The number of ether oxygens (including phenoxy) is 1. The number of carbonyl (C=O) groups excluding carboxylic acids is 2. The molecule has 162 valence electrons. The Labute approximate surface area is 178 Å². The number of aromatic nitrogens is 2. The molecule has 30 heavy (non-hydrogen) atoms. The van der Waals surface area contributed by atoms with Gasteiger partial charge in [0.25, 0.3) is 20.3 Å². The lowest BCUT2D eigenvalue weighted by Gasteiger charge is -2.13. The van der Waals surface area contributed by atoms with Gasteiger partial charge in [-0.15, -0.1) is 10.2 Å². The molecule has 1 aromatic carbocycles. The van der Waals surface area contributed by atoms with Crippen molar-refractivity contribution in [3.05, 3.63) is 29.8 Å². The van der Waals surface area contributed by atoms with Gasteiger partial charge in [0.05, 0.1) is 17.4 Å². The zero-order valence-corrected chi connectivity index (χ0v) is 18.2. The van der Waals surface area contributed by atoms with Crippen LogP contribution in [0.25, 0.3) is 0 Å². The Balaban J connectivity index is 1.71. The molecule has 0 aliphatic carbocycles. The van der Waals surface area contributed by atoms with E-state index in [2.05, 4.69) is 25.6 Å². The second kappa shape index (κ2) is 9.49. The van der Waals surface area contributed by atoms with Crippen LogP contribution in [0.5, 0.6) is 0 Å². The molecule has 0 spiro atoms. The van der Waals surface area contributed by atoms with Crippen LogP contribution in [0, 0.1) is 5.92 Å². The van der Waals surface area contributed by atoms with Crippen LogP contribution in [0.15, 0.2) is 28.6 Å². The summed E-state index contributed by atoms with van der Waals surface area (Å²) in [5.74, 6) is -0.991. The molecular formula is C18H23N5O5S2. The molecule has 0 unspecified atom stereocenters. The van der Waals surface area contributed by atoms with E-state index in [1.54, 1.807) is 26.0 Å². The lowest BCUT2D eigenvalue weighted by molar-refractivity contribution is -0.118. The third-order valence-electron chi connectivity index (χ3n) is 4.32. The highest BCUT2D eigenvalue weighted by molar-refractivity contribution is 7.94. The Morgan fingerprint density at radius 1 is 1.27 bits per heavy atom. The van der Waals surface area contributed by atoms with Gasteiger partial charge in [-0.25, -0.2) is 0 Å². The van der Waals surface area contributed by atoms with Crippen molar-refractivity contribution in [2.45, 2.75) is 37.1 Å². The zero-order valence-electron chi connectivity index (χ0n) is 16.5. The predicted octanol–water partition coefficient (Wildman–Crippen LogP) is 1.84. The van der Waals surface area contributed by atoms with Gasteiger partial charge in [-0.3, -0.25) is 14.3 Å². The van der Waals surface area contributed by atoms with Crippen LogP contribution >= 0.6 is 11.3 Å². The summed E-state index contributed by atoms with van der Waals surface area (Å²) in [6.45, 7) is 4.44. The fraction of sp³-hybridized carbons (Fsp3) is 0.444. The number of nitrogens with one attached hydrogen (secondary N) is 3. The second-order valence-electron chi connectivity index (χ2n) is 7.01. The number of amides is 2. The average Bonchev–Trinajstić information content (AvgIpc) is 3.38. The minimum absolute atomic E-state index is 0.0290. The number of anilines is 2. The van der Waals surface area contributed by atoms with Gasteiger partial charge in [-0.2, -0.15) is 8.42 Å². The molecule has 1 aliphatic rings. The second-order valence-corrected chi connectivity index (χ2v) is 9.85. The molecule has 1 saturated heterocycles. The molecular weight excluding hydrogens is 430 g/mol. The molecule has 1 aliphatic heterocycles. The van der Waals surface area contributed by atoms with Crippen LogP contribution in [-0.4, -0.2) is 49.7 Å². The number of nitrogens with zero attached hydrogens (tertiary/aromatic N) is 2. The van der Waals surface area contributed by atoms with Crippen molar-refractivity contribution in [1.29, 1.82) is 0 Å². The molecule has 3 rings (SSSR count). The van der Waals surface area contributed by atoms with Crippen molar-refractivity contribution in [1.82, 2.24) is 15.5 Å². The first-order valence-corrected chi connectivity index (χ1v) is 11.7. The third-order valence-corrected chi connectivity index (χ3v) is 6.89. The van der Waals surface area contributed by atoms with E-state index in [1.807, 2.05) is 0 Å². The Kier molecular flexibility index (Phi) is 7.00. The molecule has 1 fully saturated rings. The Morgan fingerprint density at radius 2 is 2.03 bits per heavy atom. The number of benzene rings is 1. The monoisotopic (exact) mass is 453 g/mol. The van der Waals surface area contributed by atoms with E-state index in [0.29, 0.717) is 13.2 Å². The SMILES string of the molecule is CC(C)C(=O)Nc1nnc(S(=O)(=O)Nc2ccccc2C(=O)NC[C@@H]2CCCO2)s1. The molecule has 12 heteroatoms. The smallest absolute Gasteiger partial charge is 0.291 e. The number of hydrogen-bond donors (Lipinski definition) is 3. The van der Waals surface area contributed by atoms with E-state index in [4.69, 9.17) is 4.74 Å². The minimum atomic E-state index is -4.10. The molecule has 0 saturated carbocycles. The van der Waals surface area contributed by atoms with Crippen LogP contribution in [0.3, 0.4) is 0 Å². The zero-order chi connectivity index (χ0) is 21.7. The molecule has 2 amide bonds. The van der Waals surface area contributed by atoms with Crippen molar-refractivity contribution in [3.63, 3.8) is 0 Å². The summed E-state index contributed by atoms with van der Waals surface area (Å²) in [6, 6.07) is 6.27. The number of para-hydroxylation sites is 1. The summed E-state index contributed by atoms with van der Waals surface area (Å²) in [7, 11) is -4.10. The van der Waals surface area contributed by atoms with Gasteiger partial charge in [-0.05, 0) is 25.0 Å². The maximum atomic E-state index is 12.7. The van der Waals surface area contributed by atoms with Crippen LogP contribution in [0.2, 0.25) is 0 Å². The molecule has 2 aromatic rings. The summed E-state index contributed by atoms with van der Waals surface area (Å²) in [5.41, 5.74) is 0.294. The first-order valence-electron chi connectivity index (χ1n) is 9.42. The van der Waals surface area contributed by atoms with Crippen molar-refractivity contribution in [3.8, 4) is 0 Å². The predicted molar refractivity (Wildman–Crippen MR) is 112 cm³/mol. The van der Waals surface area contributed by atoms with E-state index in [0.717, 1.165) is 24.2 Å². The summed E-state index contributed by atoms with van der Waals surface area (Å²) >= 11 is 0.724. The van der Waals surface area contributed by atoms with E-state index in [-0.39, 0.29) is 38.7 Å². The van der Waals surface area contributed by atoms with Gasteiger partial charge in [-0.1, -0.05) is 37.3 Å². The third kappa shape index (κ3) is 5.52. The van der Waals surface area contributed by atoms with E-state index in [9.17, 15) is 18.0 Å². The van der Waals surface area contributed by atoms with Crippen molar-refractivity contribution in [2.24, 2.45) is 5.92 Å². The topological polar surface area (TPSA) is 139 Å².